The molecule has 16 heavy (non-hydrogen) atoms. The highest BCUT2D eigenvalue weighted by Gasteiger charge is 2.30. The zero-order valence-corrected chi connectivity index (χ0v) is 11.7. The highest BCUT2D eigenvalue weighted by Crippen LogP contribution is 2.45. The fourth-order valence-electron chi connectivity index (χ4n) is 1.95. The van der Waals surface area contributed by atoms with Gasteiger partial charge in [-0.1, -0.05) is 6.07 Å². The summed E-state index contributed by atoms with van der Waals surface area (Å²) >= 11 is 5.40. The molecule has 0 aliphatic carbocycles. The molecule has 0 fully saturated rings. The van der Waals surface area contributed by atoms with Gasteiger partial charge in [0, 0.05) is 34.1 Å². The van der Waals surface area contributed by atoms with Crippen LogP contribution < -0.4 is 4.90 Å². The smallest absolute Gasteiger partial charge is 0.0649 e. The van der Waals surface area contributed by atoms with Crippen LogP contribution in [0.2, 0.25) is 0 Å². The number of hydrogen-bond acceptors (Lipinski definition) is 3. The van der Waals surface area contributed by atoms with Crippen molar-refractivity contribution in [3.8, 4) is 6.07 Å². The van der Waals surface area contributed by atoms with E-state index in [1.807, 2.05) is 17.8 Å². The fourth-order valence-corrected chi connectivity index (χ4v) is 4.11. The maximum atomic E-state index is 8.83. The zero-order valence-electron chi connectivity index (χ0n) is 9.27. The van der Waals surface area contributed by atoms with Crippen molar-refractivity contribution in [1.29, 1.82) is 5.26 Å². The third kappa shape index (κ3) is 1.94. The Labute approximate surface area is 109 Å². The number of nitriles is 1. The van der Waals surface area contributed by atoms with E-state index >= 15 is 0 Å². The molecule has 1 aliphatic heterocycles. The normalized spacial score (nSPS) is 23.8. The quantitative estimate of drug-likeness (QED) is 0.791. The SMILES string of the molecule is CC1C(CC#N)Sc2cccc(Br)c2N1C. The lowest BCUT2D eigenvalue weighted by molar-refractivity contribution is 0.637. The monoisotopic (exact) mass is 296 g/mol. The Kier molecular flexibility index (Phi) is 3.46. The second kappa shape index (κ2) is 4.68. The lowest BCUT2D eigenvalue weighted by atomic mass is 10.1. The van der Waals surface area contributed by atoms with Crippen molar-refractivity contribution in [3.05, 3.63) is 22.7 Å². The number of nitrogens with zero attached hydrogens (tertiary/aromatic N) is 2. The van der Waals surface area contributed by atoms with Crippen LogP contribution in [0.3, 0.4) is 0 Å². The Balaban J connectivity index is 2.41. The van der Waals surface area contributed by atoms with Crippen LogP contribution in [0.1, 0.15) is 13.3 Å². The van der Waals surface area contributed by atoms with Gasteiger partial charge in [0.05, 0.1) is 11.8 Å². The van der Waals surface area contributed by atoms with Gasteiger partial charge >= 0.3 is 0 Å². The van der Waals surface area contributed by atoms with E-state index in [9.17, 15) is 0 Å². The van der Waals surface area contributed by atoms with Gasteiger partial charge in [0.1, 0.15) is 0 Å². The van der Waals surface area contributed by atoms with Crippen molar-refractivity contribution in [2.24, 2.45) is 0 Å². The number of benzene rings is 1. The second-order valence-corrected chi connectivity index (χ2v) is 6.09. The predicted octanol–water partition coefficient (Wildman–Crippen LogP) is 3.66. The van der Waals surface area contributed by atoms with E-state index in [0.29, 0.717) is 17.7 Å². The minimum atomic E-state index is 0.358. The van der Waals surface area contributed by atoms with Crippen LogP contribution in [0.25, 0.3) is 0 Å². The molecule has 1 aromatic carbocycles. The summed E-state index contributed by atoms with van der Waals surface area (Å²) in [4.78, 5) is 3.52. The molecule has 2 atom stereocenters. The first-order valence-corrected chi connectivity index (χ1v) is 6.87. The van der Waals surface area contributed by atoms with E-state index in [4.69, 9.17) is 5.26 Å². The van der Waals surface area contributed by atoms with E-state index in [-0.39, 0.29) is 0 Å². The summed E-state index contributed by atoms with van der Waals surface area (Å²) in [5.41, 5.74) is 1.24. The Morgan fingerprint density at radius 1 is 1.56 bits per heavy atom. The first-order valence-electron chi connectivity index (χ1n) is 5.20. The number of thioether (sulfide) groups is 1. The van der Waals surface area contributed by atoms with Gasteiger partial charge in [0.25, 0.3) is 0 Å². The predicted molar refractivity (Wildman–Crippen MR) is 71.9 cm³/mol. The van der Waals surface area contributed by atoms with Crippen molar-refractivity contribution in [3.63, 3.8) is 0 Å². The number of para-hydroxylation sites is 1. The van der Waals surface area contributed by atoms with Crippen LogP contribution in [-0.4, -0.2) is 18.3 Å². The average Bonchev–Trinajstić information content (AvgIpc) is 2.25. The van der Waals surface area contributed by atoms with E-state index < -0.39 is 0 Å². The maximum absolute atomic E-state index is 8.83. The summed E-state index contributed by atoms with van der Waals surface area (Å²) in [7, 11) is 2.10. The van der Waals surface area contributed by atoms with E-state index in [0.717, 1.165) is 4.47 Å². The number of halogens is 1. The van der Waals surface area contributed by atoms with Gasteiger partial charge in [-0.3, -0.25) is 0 Å². The van der Waals surface area contributed by atoms with Gasteiger partial charge in [-0.25, -0.2) is 0 Å². The summed E-state index contributed by atoms with van der Waals surface area (Å²) in [5, 5.41) is 9.19. The Morgan fingerprint density at radius 2 is 2.31 bits per heavy atom. The van der Waals surface area contributed by atoms with E-state index in [2.05, 4.69) is 53.0 Å². The van der Waals surface area contributed by atoms with Crippen molar-refractivity contribution in [2.45, 2.75) is 29.5 Å². The van der Waals surface area contributed by atoms with Gasteiger partial charge < -0.3 is 4.90 Å². The minimum Gasteiger partial charge on any atom is -0.369 e. The molecule has 0 radical (unpaired) electrons. The third-order valence-electron chi connectivity index (χ3n) is 3.02. The Morgan fingerprint density at radius 3 is 3.00 bits per heavy atom. The Bertz CT molecular complexity index is 441. The van der Waals surface area contributed by atoms with Gasteiger partial charge in [-0.2, -0.15) is 5.26 Å². The standard InChI is InChI=1S/C12H13BrN2S/c1-8-10(6-7-14)16-11-5-3-4-9(13)12(11)15(8)2/h3-5,8,10H,6H2,1-2H3. The molecular formula is C12H13BrN2S. The van der Waals surface area contributed by atoms with Crippen molar-refractivity contribution < 1.29 is 0 Å². The molecule has 1 heterocycles. The van der Waals surface area contributed by atoms with Crippen molar-refractivity contribution in [2.75, 3.05) is 11.9 Å². The molecular weight excluding hydrogens is 284 g/mol. The number of fused-ring (bicyclic) bond motifs is 1. The van der Waals surface area contributed by atoms with Gasteiger partial charge in [-0.15, -0.1) is 11.8 Å². The van der Waals surface area contributed by atoms with Gasteiger partial charge in [-0.05, 0) is 35.0 Å². The Hall–Kier alpha value is -0.660. The molecule has 1 aromatic rings. The van der Waals surface area contributed by atoms with Crippen LogP contribution in [0.4, 0.5) is 5.69 Å². The zero-order chi connectivity index (χ0) is 11.7. The van der Waals surface area contributed by atoms with E-state index in [1.54, 1.807) is 0 Å². The van der Waals surface area contributed by atoms with Crippen LogP contribution >= 0.6 is 27.7 Å². The van der Waals surface area contributed by atoms with Crippen molar-refractivity contribution in [1.82, 2.24) is 0 Å². The molecule has 0 aromatic heterocycles. The van der Waals surface area contributed by atoms with Crippen LogP contribution in [-0.2, 0) is 0 Å². The molecule has 2 rings (SSSR count). The van der Waals surface area contributed by atoms with Crippen LogP contribution in [0, 0.1) is 11.3 Å². The molecule has 0 amide bonds. The van der Waals surface area contributed by atoms with Gasteiger partial charge in [0.15, 0.2) is 0 Å². The molecule has 0 bridgehead atoms. The molecule has 2 nitrogen and oxygen atoms in total. The van der Waals surface area contributed by atoms with Gasteiger partial charge in [0.2, 0.25) is 0 Å². The second-order valence-electron chi connectivity index (χ2n) is 3.96. The third-order valence-corrected chi connectivity index (χ3v) is 5.11. The molecule has 0 spiro atoms. The van der Waals surface area contributed by atoms with Crippen LogP contribution in [0.15, 0.2) is 27.6 Å². The first kappa shape index (κ1) is 11.8. The molecule has 4 heteroatoms. The highest BCUT2D eigenvalue weighted by molar-refractivity contribution is 9.10. The minimum absolute atomic E-state index is 0.358. The number of anilines is 1. The summed E-state index contributed by atoms with van der Waals surface area (Å²) in [5.74, 6) is 0. The first-order chi connectivity index (χ1) is 7.65. The largest absolute Gasteiger partial charge is 0.369 e. The molecule has 84 valence electrons. The lowest BCUT2D eigenvalue weighted by Crippen LogP contribution is -2.40. The molecule has 1 aliphatic rings. The molecule has 0 N–H and O–H groups in total. The summed E-state index contributed by atoms with van der Waals surface area (Å²) in [6, 6.07) is 8.89. The summed E-state index contributed by atoms with van der Waals surface area (Å²) in [6.07, 6.45) is 0.599. The molecule has 2 unspecified atom stereocenters. The number of hydrogen-bond donors (Lipinski definition) is 0. The van der Waals surface area contributed by atoms with Crippen molar-refractivity contribution >= 4 is 33.4 Å². The number of rotatable bonds is 1. The summed E-state index contributed by atoms with van der Waals surface area (Å²) < 4.78 is 1.13. The molecule has 0 saturated carbocycles. The average molecular weight is 297 g/mol. The fraction of sp³-hybridized carbons (Fsp3) is 0.417. The molecule has 0 saturated heterocycles. The maximum Gasteiger partial charge on any atom is 0.0649 e. The van der Waals surface area contributed by atoms with Crippen LogP contribution in [0.5, 0.6) is 0 Å². The lowest BCUT2D eigenvalue weighted by Gasteiger charge is -2.39. The topological polar surface area (TPSA) is 27.0 Å². The highest BCUT2D eigenvalue weighted by atomic mass is 79.9. The summed E-state index contributed by atoms with van der Waals surface area (Å²) in [6.45, 7) is 2.18. The van der Waals surface area contributed by atoms with E-state index in [1.165, 1.54) is 10.6 Å².